The van der Waals surface area contributed by atoms with Crippen LogP contribution in [0.3, 0.4) is 0 Å². The molecule has 10 heteroatoms. The summed E-state index contributed by atoms with van der Waals surface area (Å²) < 4.78 is 40.8. The lowest BCUT2D eigenvalue weighted by Crippen LogP contribution is -2.44. The lowest BCUT2D eigenvalue weighted by Gasteiger charge is -2.17. The molecule has 1 aromatic carbocycles. The van der Waals surface area contributed by atoms with E-state index in [1.165, 1.54) is 11.8 Å². The Bertz CT molecular complexity index is 611. The summed E-state index contributed by atoms with van der Waals surface area (Å²) in [4.78, 5) is 35.5. The maximum Gasteiger partial charge on any atom is 0.405 e. The first-order valence-corrected chi connectivity index (χ1v) is 8.97. The van der Waals surface area contributed by atoms with Crippen LogP contribution in [0, 0.1) is 0 Å². The van der Waals surface area contributed by atoms with Crippen molar-refractivity contribution in [1.82, 2.24) is 10.6 Å². The second-order valence-electron chi connectivity index (χ2n) is 5.17. The number of halogens is 3. The van der Waals surface area contributed by atoms with Gasteiger partial charge in [0.15, 0.2) is 6.61 Å². The van der Waals surface area contributed by atoms with E-state index in [1.807, 2.05) is 6.26 Å². The molecule has 26 heavy (non-hydrogen) atoms. The minimum Gasteiger partial charge on any atom is -0.454 e. The Kier molecular flexibility index (Phi) is 8.97. The highest BCUT2D eigenvalue weighted by atomic mass is 32.2. The Morgan fingerprint density at radius 3 is 2.42 bits per heavy atom. The lowest BCUT2D eigenvalue weighted by molar-refractivity contribution is -0.152. The molecule has 0 fully saturated rings. The largest absolute Gasteiger partial charge is 0.454 e. The molecule has 0 aromatic heterocycles. The zero-order valence-electron chi connectivity index (χ0n) is 14.0. The van der Waals surface area contributed by atoms with E-state index < -0.39 is 43.2 Å². The zero-order valence-corrected chi connectivity index (χ0v) is 14.8. The Morgan fingerprint density at radius 1 is 1.19 bits per heavy atom. The highest BCUT2D eigenvalue weighted by Gasteiger charge is 2.28. The number of hydrogen-bond acceptors (Lipinski definition) is 5. The summed E-state index contributed by atoms with van der Waals surface area (Å²) in [6, 6.07) is 7.18. The predicted octanol–water partition coefficient (Wildman–Crippen LogP) is 1.76. The fraction of sp³-hybridized carbons (Fsp3) is 0.438. The number of carbonyl (C=O) groups is 3. The van der Waals surface area contributed by atoms with Crippen LogP contribution < -0.4 is 10.6 Å². The molecule has 0 radical (unpaired) electrons. The number of rotatable bonds is 9. The molecule has 2 N–H and O–H groups in total. The molecule has 0 aliphatic carbocycles. The van der Waals surface area contributed by atoms with Gasteiger partial charge in [0, 0.05) is 5.56 Å². The van der Waals surface area contributed by atoms with Crippen molar-refractivity contribution >= 4 is 29.5 Å². The van der Waals surface area contributed by atoms with E-state index in [9.17, 15) is 27.6 Å². The van der Waals surface area contributed by atoms with Gasteiger partial charge in [0.2, 0.25) is 0 Å². The van der Waals surface area contributed by atoms with Gasteiger partial charge in [-0.15, -0.1) is 0 Å². The number of carbonyl (C=O) groups excluding carboxylic acids is 3. The van der Waals surface area contributed by atoms with Crippen molar-refractivity contribution in [3.05, 3.63) is 35.9 Å². The summed E-state index contributed by atoms with van der Waals surface area (Å²) in [5, 5.41) is 4.10. The highest BCUT2D eigenvalue weighted by Crippen LogP contribution is 2.12. The topological polar surface area (TPSA) is 84.5 Å². The smallest absolute Gasteiger partial charge is 0.405 e. The van der Waals surface area contributed by atoms with Gasteiger partial charge in [0.25, 0.3) is 11.8 Å². The number of nitrogens with one attached hydrogen (secondary N) is 2. The fourth-order valence-corrected chi connectivity index (χ4v) is 2.27. The standard InChI is InChI=1S/C16H19F3N2O4S/c1-26-8-7-12(21-14(23)11-5-3-2-4-6-11)15(24)25-9-13(22)20-10-16(17,18)19/h2-6,12H,7-10H2,1H3,(H,20,22)(H,21,23)/t12-/m0/s1. The normalized spacial score (nSPS) is 12.2. The molecule has 0 saturated carbocycles. The molecular formula is C16H19F3N2O4S. The Morgan fingerprint density at radius 2 is 1.85 bits per heavy atom. The van der Waals surface area contributed by atoms with E-state index in [2.05, 4.69) is 5.32 Å². The van der Waals surface area contributed by atoms with Crippen molar-refractivity contribution in [2.75, 3.05) is 25.2 Å². The van der Waals surface area contributed by atoms with E-state index in [0.717, 1.165) is 0 Å². The van der Waals surface area contributed by atoms with Crippen molar-refractivity contribution < 1.29 is 32.3 Å². The van der Waals surface area contributed by atoms with Crippen LogP contribution in [0.4, 0.5) is 13.2 Å². The molecule has 1 atom stereocenters. The minimum absolute atomic E-state index is 0.253. The molecule has 2 amide bonds. The van der Waals surface area contributed by atoms with E-state index in [-0.39, 0.29) is 6.42 Å². The van der Waals surface area contributed by atoms with Crippen LogP contribution in [-0.4, -0.2) is 55.2 Å². The van der Waals surface area contributed by atoms with Crippen LogP contribution in [0.1, 0.15) is 16.8 Å². The summed E-state index contributed by atoms with van der Waals surface area (Å²) in [7, 11) is 0. The van der Waals surface area contributed by atoms with E-state index in [0.29, 0.717) is 11.3 Å². The van der Waals surface area contributed by atoms with Crippen LogP contribution in [0.15, 0.2) is 30.3 Å². The summed E-state index contributed by atoms with van der Waals surface area (Å²) in [6.07, 6.45) is -2.49. The maximum absolute atomic E-state index is 12.1. The third-order valence-electron chi connectivity index (χ3n) is 3.07. The Balaban J connectivity index is 2.57. The van der Waals surface area contributed by atoms with Gasteiger partial charge in [-0.1, -0.05) is 18.2 Å². The van der Waals surface area contributed by atoms with Crippen LogP contribution in [0.25, 0.3) is 0 Å². The summed E-state index contributed by atoms with van der Waals surface area (Å²) in [6.45, 7) is -2.37. The highest BCUT2D eigenvalue weighted by molar-refractivity contribution is 7.98. The van der Waals surface area contributed by atoms with Crippen molar-refractivity contribution in [1.29, 1.82) is 0 Å². The van der Waals surface area contributed by atoms with Gasteiger partial charge in [-0.05, 0) is 30.6 Å². The molecule has 1 rings (SSSR count). The van der Waals surface area contributed by atoms with Gasteiger partial charge in [0.05, 0.1) is 0 Å². The first-order chi connectivity index (χ1) is 12.2. The van der Waals surface area contributed by atoms with Crippen molar-refractivity contribution in [3.8, 4) is 0 Å². The predicted molar refractivity (Wildman–Crippen MR) is 90.7 cm³/mol. The third kappa shape index (κ3) is 8.75. The second kappa shape index (κ2) is 10.7. The second-order valence-corrected chi connectivity index (χ2v) is 6.16. The van der Waals surface area contributed by atoms with Gasteiger partial charge in [0.1, 0.15) is 12.6 Å². The molecule has 0 bridgehead atoms. The van der Waals surface area contributed by atoms with Crippen LogP contribution >= 0.6 is 11.8 Å². The van der Waals surface area contributed by atoms with Gasteiger partial charge in [-0.3, -0.25) is 9.59 Å². The average Bonchev–Trinajstić information content (AvgIpc) is 2.61. The zero-order chi connectivity index (χ0) is 19.6. The van der Waals surface area contributed by atoms with E-state index in [4.69, 9.17) is 4.74 Å². The van der Waals surface area contributed by atoms with Gasteiger partial charge in [-0.2, -0.15) is 24.9 Å². The number of hydrogen-bond donors (Lipinski definition) is 2. The summed E-state index contributed by atoms with van der Waals surface area (Å²) in [5.74, 6) is -1.91. The Labute approximate surface area is 152 Å². The maximum atomic E-state index is 12.1. The molecule has 6 nitrogen and oxygen atoms in total. The first-order valence-electron chi connectivity index (χ1n) is 7.58. The van der Waals surface area contributed by atoms with Crippen molar-refractivity contribution in [2.45, 2.75) is 18.6 Å². The van der Waals surface area contributed by atoms with Crippen LogP contribution in [0.5, 0.6) is 0 Å². The van der Waals surface area contributed by atoms with Gasteiger partial charge in [-0.25, -0.2) is 4.79 Å². The van der Waals surface area contributed by atoms with E-state index >= 15 is 0 Å². The van der Waals surface area contributed by atoms with Gasteiger partial charge >= 0.3 is 12.1 Å². The lowest BCUT2D eigenvalue weighted by atomic mass is 10.1. The fourth-order valence-electron chi connectivity index (χ4n) is 1.80. The SMILES string of the molecule is CSCC[C@H](NC(=O)c1ccccc1)C(=O)OCC(=O)NCC(F)(F)F. The number of ether oxygens (including phenoxy) is 1. The monoisotopic (exact) mass is 392 g/mol. The number of thioether (sulfide) groups is 1. The summed E-state index contributed by atoms with van der Waals surface area (Å²) in [5.41, 5.74) is 0.345. The Hall–Kier alpha value is -2.23. The molecule has 144 valence electrons. The minimum atomic E-state index is -4.55. The molecule has 1 aromatic rings. The quantitative estimate of drug-likeness (QED) is 0.626. The molecule has 0 saturated heterocycles. The molecule has 0 unspecified atom stereocenters. The molecule has 0 spiro atoms. The van der Waals surface area contributed by atoms with Crippen molar-refractivity contribution in [3.63, 3.8) is 0 Å². The molecular weight excluding hydrogens is 373 g/mol. The summed E-state index contributed by atoms with van der Waals surface area (Å²) >= 11 is 1.44. The van der Waals surface area contributed by atoms with Crippen LogP contribution in [0.2, 0.25) is 0 Å². The average molecular weight is 392 g/mol. The van der Waals surface area contributed by atoms with Crippen molar-refractivity contribution in [2.24, 2.45) is 0 Å². The van der Waals surface area contributed by atoms with E-state index in [1.54, 1.807) is 35.6 Å². The first kappa shape index (κ1) is 21.8. The third-order valence-corrected chi connectivity index (χ3v) is 3.71. The number of amides is 2. The molecule has 0 aliphatic heterocycles. The molecule has 0 aliphatic rings. The number of alkyl halides is 3. The molecule has 0 heterocycles. The number of benzene rings is 1. The number of esters is 1. The van der Waals surface area contributed by atoms with Gasteiger partial charge < -0.3 is 15.4 Å². The van der Waals surface area contributed by atoms with Crippen LogP contribution in [-0.2, 0) is 14.3 Å².